The molecule has 26 heavy (non-hydrogen) atoms. The molecule has 0 aliphatic carbocycles. The summed E-state index contributed by atoms with van der Waals surface area (Å²) in [5.74, 6) is 0.969. The largest absolute Gasteiger partial charge is 0.364 e. The third-order valence-corrected chi connectivity index (χ3v) is 6.03. The molecule has 0 unspecified atom stereocenters. The van der Waals surface area contributed by atoms with Crippen LogP contribution in [-0.2, 0) is 24.4 Å². The Hall–Kier alpha value is -2.48. The summed E-state index contributed by atoms with van der Waals surface area (Å²) in [6, 6.07) is 2.08. The topological polar surface area (TPSA) is 75.9 Å². The zero-order chi connectivity index (χ0) is 18.3. The molecule has 1 aliphatic rings. The van der Waals surface area contributed by atoms with Crippen LogP contribution in [0.5, 0.6) is 0 Å². The van der Waals surface area contributed by atoms with Crippen molar-refractivity contribution < 1.29 is 4.79 Å². The molecule has 8 heteroatoms. The van der Waals surface area contributed by atoms with E-state index in [-0.39, 0.29) is 5.91 Å². The van der Waals surface area contributed by atoms with Gasteiger partial charge in [-0.2, -0.15) is 5.10 Å². The lowest BCUT2D eigenvalue weighted by Crippen LogP contribution is -2.28. The fourth-order valence-corrected chi connectivity index (χ4v) is 4.36. The smallest absolute Gasteiger partial charge is 0.219 e. The predicted octanol–water partition coefficient (Wildman–Crippen LogP) is 2.87. The zero-order valence-electron chi connectivity index (χ0n) is 15.2. The molecule has 1 amide bonds. The molecule has 4 heterocycles. The van der Waals surface area contributed by atoms with Crippen molar-refractivity contribution in [3.63, 3.8) is 0 Å². The van der Waals surface area contributed by atoms with E-state index in [0.717, 1.165) is 46.9 Å². The number of carbonyl (C=O) groups is 1. The van der Waals surface area contributed by atoms with Crippen LogP contribution in [0.4, 0.5) is 5.82 Å². The third kappa shape index (κ3) is 3.05. The molecule has 3 aromatic heterocycles. The van der Waals surface area contributed by atoms with E-state index in [4.69, 9.17) is 5.10 Å². The Morgan fingerprint density at radius 2 is 2.15 bits per heavy atom. The van der Waals surface area contributed by atoms with Gasteiger partial charge in [-0.25, -0.2) is 9.97 Å². The summed E-state index contributed by atoms with van der Waals surface area (Å²) >= 11 is 1.69. The SMILES string of the molecule is CC(=O)N1CCCn2nc(CNc3ncnc4sc(C)c(C)c34)cc2C1. The van der Waals surface area contributed by atoms with Gasteiger partial charge < -0.3 is 10.2 Å². The fourth-order valence-electron chi connectivity index (χ4n) is 3.37. The number of thiophene rings is 1. The number of rotatable bonds is 3. The molecule has 0 fully saturated rings. The van der Waals surface area contributed by atoms with Gasteiger partial charge in [-0.05, 0) is 31.9 Å². The first-order chi connectivity index (χ1) is 12.5. The van der Waals surface area contributed by atoms with Gasteiger partial charge in [-0.3, -0.25) is 9.48 Å². The molecule has 1 aliphatic heterocycles. The highest BCUT2D eigenvalue weighted by Gasteiger charge is 2.18. The number of carbonyl (C=O) groups excluding carboxylic acids is 1. The molecule has 0 bridgehead atoms. The second kappa shape index (κ2) is 6.68. The number of aromatic nitrogens is 4. The van der Waals surface area contributed by atoms with Crippen molar-refractivity contribution in [2.24, 2.45) is 0 Å². The van der Waals surface area contributed by atoms with E-state index >= 15 is 0 Å². The first-order valence-corrected chi connectivity index (χ1v) is 9.60. The highest BCUT2D eigenvalue weighted by Crippen LogP contribution is 2.32. The molecular formula is C18H22N6OS. The maximum atomic E-state index is 11.7. The Morgan fingerprint density at radius 1 is 1.31 bits per heavy atom. The van der Waals surface area contributed by atoms with Gasteiger partial charge in [0.2, 0.25) is 5.91 Å². The van der Waals surface area contributed by atoms with E-state index < -0.39 is 0 Å². The van der Waals surface area contributed by atoms with Crippen LogP contribution in [0.3, 0.4) is 0 Å². The number of nitrogens with zero attached hydrogens (tertiary/aromatic N) is 5. The van der Waals surface area contributed by atoms with Gasteiger partial charge in [0.25, 0.3) is 0 Å². The average molecular weight is 370 g/mol. The van der Waals surface area contributed by atoms with E-state index in [1.807, 2.05) is 9.58 Å². The van der Waals surface area contributed by atoms with Crippen molar-refractivity contribution in [2.75, 3.05) is 11.9 Å². The van der Waals surface area contributed by atoms with Gasteiger partial charge in [0.15, 0.2) is 0 Å². The Morgan fingerprint density at radius 3 is 2.96 bits per heavy atom. The van der Waals surface area contributed by atoms with E-state index in [9.17, 15) is 4.79 Å². The highest BCUT2D eigenvalue weighted by atomic mass is 32.1. The summed E-state index contributed by atoms with van der Waals surface area (Å²) in [6.45, 7) is 8.71. The van der Waals surface area contributed by atoms with Gasteiger partial charge >= 0.3 is 0 Å². The molecule has 0 saturated heterocycles. The van der Waals surface area contributed by atoms with E-state index in [0.29, 0.717) is 13.1 Å². The van der Waals surface area contributed by atoms with Crippen molar-refractivity contribution in [3.8, 4) is 0 Å². The number of hydrogen-bond acceptors (Lipinski definition) is 6. The van der Waals surface area contributed by atoms with Crippen LogP contribution in [0, 0.1) is 13.8 Å². The second-order valence-electron chi connectivity index (χ2n) is 6.68. The second-order valence-corrected chi connectivity index (χ2v) is 7.89. The van der Waals surface area contributed by atoms with Crippen LogP contribution in [0.2, 0.25) is 0 Å². The van der Waals surface area contributed by atoms with Gasteiger partial charge in [-0.1, -0.05) is 0 Å². The Balaban J connectivity index is 1.55. The summed E-state index contributed by atoms with van der Waals surface area (Å²) in [6.07, 6.45) is 2.54. The lowest BCUT2D eigenvalue weighted by atomic mass is 10.2. The van der Waals surface area contributed by atoms with Crippen LogP contribution < -0.4 is 5.32 Å². The van der Waals surface area contributed by atoms with Crippen molar-refractivity contribution >= 4 is 33.3 Å². The maximum absolute atomic E-state index is 11.7. The minimum atomic E-state index is 0.117. The van der Waals surface area contributed by atoms with Crippen molar-refractivity contribution in [3.05, 3.63) is 34.2 Å². The molecule has 0 saturated carbocycles. The lowest BCUT2D eigenvalue weighted by Gasteiger charge is -2.17. The van der Waals surface area contributed by atoms with E-state index in [1.165, 1.54) is 10.4 Å². The van der Waals surface area contributed by atoms with E-state index in [2.05, 4.69) is 35.2 Å². The average Bonchev–Trinajstić information content (AvgIpc) is 3.06. The van der Waals surface area contributed by atoms with Crippen LogP contribution in [-0.4, -0.2) is 37.1 Å². The Bertz CT molecular complexity index is 976. The van der Waals surface area contributed by atoms with Crippen LogP contribution in [0.1, 0.15) is 35.2 Å². The van der Waals surface area contributed by atoms with Crippen molar-refractivity contribution in [1.82, 2.24) is 24.6 Å². The summed E-state index contributed by atoms with van der Waals surface area (Å²) in [7, 11) is 0. The van der Waals surface area contributed by atoms with Crippen LogP contribution in [0.15, 0.2) is 12.4 Å². The number of aryl methyl sites for hydroxylation is 3. The minimum absolute atomic E-state index is 0.117. The van der Waals surface area contributed by atoms with Gasteiger partial charge in [-0.15, -0.1) is 11.3 Å². The molecule has 4 rings (SSSR count). The number of hydrogen-bond donors (Lipinski definition) is 1. The Labute approximate surface area is 156 Å². The summed E-state index contributed by atoms with van der Waals surface area (Å²) in [5, 5.41) is 9.21. The first kappa shape index (κ1) is 17.0. The number of nitrogens with one attached hydrogen (secondary N) is 1. The summed E-state index contributed by atoms with van der Waals surface area (Å²) < 4.78 is 2.02. The molecule has 0 spiro atoms. The van der Waals surface area contributed by atoms with Gasteiger partial charge in [0, 0.05) is 24.9 Å². The standard InChI is InChI=1S/C18H22N6OS/c1-11-12(2)26-18-16(11)17(20-10-21-18)19-8-14-7-15-9-23(13(3)25)5-4-6-24(15)22-14/h7,10H,4-6,8-9H2,1-3H3,(H,19,20,21). The van der Waals surface area contributed by atoms with Crippen molar-refractivity contribution in [1.29, 1.82) is 0 Å². The molecule has 136 valence electrons. The Kier molecular flexibility index (Phi) is 4.36. The molecule has 7 nitrogen and oxygen atoms in total. The summed E-state index contributed by atoms with van der Waals surface area (Å²) in [5.41, 5.74) is 3.28. The molecule has 0 atom stereocenters. The zero-order valence-corrected chi connectivity index (χ0v) is 16.1. The molecule has 0 aromatic carbocycles. The van der Waals surface area contributed by atoms with Gasteiger partial charge in [0.1, 0.15) is 17.0 Å². The lowest BCUT2D eigenvalue weighted by molar-refractivity contribution is -0.129. The normalized spacial score (nSPS) is 14.3. The number of amides is 1. The van der Waals surface area contributed by atoms with Crippen molar-refractivity contribution in [2.45, 2.75) is 46.8 Å². The first-order valence-electron chi connectivity index (χ1n) is 8.78. The quantitative estimate of drug-likeness (QED) is 0.767. The third-order valence-electron chi connectivity index (χ3n) is 4.91. The number of fused-ring (bicyclic) bond motifs is 2. The van der Waals surface area contributed by atoms with Crippen LogP contribution in [0.25, 0.3) is 10.2 Å². The molecule has 1 N–H and O–H groups in total. The molecule has 0 radical (unpaired) electrons. The van der Waals surface area contributed by atoms with Crippen LogP contribution >= 0.6 is 11.3 Å². The molecule has 3 aromatic rings. The number of anilines is 1. The predicted molar refractivity (Wildman–Crippen MR) is 102 cm³/mol. The fraction of sp³-hybridized carbons (Fsp3) is 0.444. The maximum Gasteiger partial charge on any atom is 0.219 e. The summed E-state index contributed by atoms with van der Waals surface area (Å²) in [4.78, 5) is 24.7. The minimum Gasteiger partial charge on any atom is -0.364 e. The highest BCUT2D eigenvalue weighted by molar-refractivity contribution is 7.18. The molecular weight excluding hydrogens is 348 g/mol. The monoisotopic (exact) mass is 370 g/mol. The van der Waals surface area contributed by atoms with E-state index in [1.54, 1.807) is 24.6 Å². The van der Waals surface area contributed by atoms with Gasteiger partial charge in [0.05, 0.1) is 29.9 Å².